The molecule has 1 fully saturated rings. The number of ether oxygens (including phenoxy) is 1. The lowest BCUT2D eigenvalue weighted by atomic mass is 10.1. The van der Waals surface area contributed by atoms with Crippen molar-refractivity contribution in [2.45, 2.75) is 13.0 Å². The van der Waals surface area contributed by atoms with Crippen molar-refractivity contribution in [2.75, 3.05) is 39.8 Å². The number of nitrogens with one attached hydrogen (secondary N) is 1. The third-order valence-corrected chi connectivity index (χ3v) is 5.23. The summed E-state index contributed by atoms with van der Waals surface area (Å²) in [6.45, 7) is 5.04. The minimum atomic E-state index is -0.228. The first-order valence-corrected chi connectivity index (χ1v) is 9.68. The van der Waals surface area contributed by atoms with Crippen molar-refractivity contribution >= 4 is 17.3 Å². The van der Waals surface area contributed by atoms with Crippen LogP contribution in [-0.2, 0) is 13.0 Å². The van der Waals surface area contributed by atoms with Gasteiger partial charge in [-0.05, 0) is 42.4 Å². The molecular formula is C21H26FN3OS. The van der Waals surface area contributed by atoms with E-state index in [1.54, 1.807) is 19.2 Å². The van der Waals surface area contributed by atoms with Crippen LogP contribution in [0.5, 0.6) is 5.75 Å². The van der Waals surface area contributed by atoms with Gasteiger partial charge in [-0.15, -0.1) is 0 Å². The number of halogens is 1. The van der Waals surface area contributed by atoms with Gasteiger partial charge in [0.15, 0.2) is 5.11 Å². The Bertz CT molecular complexity index is 748. The Kier molecular flexibility index (Phi) is 7.01. The van der Waals surface area contributed by atoms with Crippen LogP contribution in [0.25, 0.3) is 0 Å². The smallest absolute Gasteiger partial charge is 0.169 e. The first-order chi connectivity index (χ1) is 13.2. The van der Waals surface area contributed by atoms with Gasteiger partial charge in [-0.3, -0.25) is 4.90 Å². The number of methoxy groups -OCH3 is 1. The van der Waals surface area contributed by atoms with E-state index >= 15 is 0 Å². The lowest BCUT2D eigenvalue weighted by Crippen LogP contribution is -2.51. The topological polar surface area (TPSA) is 27.7 Å². The fourth-order valence-electron chi connectivity index (χ4n) is 3.29. The SMILES string of the molecule is COc1ccc(F)cc1CN1CCN(C(=S)NCCc2ccccc2)CC1. The van der Waals surface area contributed by atoms with Crippen molar-refractivity contribution in [3.05, 3.63) is 65.5 Å². The Morgan fingerprint density at radius 1 is 1.11 bits per heavy atom. The molecule has 2 aromatic carbocycles. The second-order valence-corrected chi connectivity index (χ2v) is 7.07. The zero-order chi connectivity index (χ0) is 19.1. The third kappa shape index (κ3) is 5.65. The molecule has 144 valence electrons. The fraction of sp³-hybridized carbons (Fsp3) is 0.381. The minimum absolute atomic E-state index is 0.228. The summed E-state index contributed by atoms with van der Waals surface area (Å²) >= 11 is 5.54. The highest BCUT2D eigenvalue weighted by molar-refractivity contribution is 7.80. The molecule has 27 heavy (non-hydrogen) atoms. The maximum atomic E-state index is 13.5. The van der Waals surface area contributed by atoms with Crippen molar-refractivity contribution < 1.29 is 9.13 Å². The van der Waals surface area contributed by atoms with Crippen LogP contribution in [0.1, 0.15) is 11.1 Å². The second-order valence-electron chi connectivity index (χ2n) is 6.69. The molecule has 0 unspecified atom stereocenters. The molecule has 0 radical (unpaired) electrons. The number of thiocarbonyl (C=S) groups is 1. The summed E-state index contributed by atoms with van der Waals surface area (Å²) in [5.74, 6) is 0.505. The number of hydrogen-bond acceptors (Lipinski definition) is 3. The first kappa shape index (κ1) is 19.6. The monoisotopic (exact) mass is 387 g/mol. The summed E-state index contributed by atoms with van der Waals surface area (Å²) in [6.07, 6.45) is 0.959. The lowest BCUT2D eigenvalue weighted by Gasteiger charge is -2.36. The Morgan fingerprint density at radius 3 is 2.56 bits per heavy atom. The Hall–Kier alpha value is -2.18. The molecule has 1 aliphatic heterocycles. The largest absolute Gasteiger partial charge is 0.496 e. The van der Waals surface area contributed by atoms with Gasteiger partial charge in [0.1, 0.15) is 11.6 Å². The third-order valence-electron chi connectivity index (χ3n) is 4.83. The van der Waals surface area contributed by atoms with Gasteiger partial charge in [0.05, 0.1) is 7.11 Å². The van der Waals surface area contributed by atoms with Gasteiger partial charge >= 0.3 is 0 Å². The van der Waals surface area contributed by atoms with Crippen LogP contribution < -0.4 is 10.1 Å². The first-order valence-electron chi connectivity index (χ1n) is 9.27. The van der Waals surface area contributed by atoms with Crippen molar-refractivity contribution in [1.82, 2.24) is 15.1 Å². The summed E-state index contributed by atoms with van der Waals surface area (Å²) in [6, 6.07) is 15.1. The Balaban J connectivity index is 1.43. The number of benzene rings is 2. The number of hydrogen-bond donors (Lipinski definition) is 1. The molecule has 0 amide bonds. The molecule has 0 aromatic heterocycles. The molecule has 1 heterocycles. The highest BCUT2D eigenvalue weighted by Gasteiger charge is 2.20. The molecule has 1 N–H and O–H groups in total. The minimum Gasteiger partial charge on any atom is -0.496 e. The van der Waals surface area contributed by atoms with E-state index in [1.807, 2.05) is 6.07 Å². The molecule has 0 spiro atoms. The Morgan fingerprint density at radius 2 is 1.85 bits per heavy atom. The number of piperazine rings is 1. The van der Waals surface area contributed by atoms with Crippen molar-refractivity contribution in [3.63, 3.8) is 0 Å². The molecule has 0 saturated carbocycles. The van der Waals surface area contributed by atoms with Gasteiger partial charge in [0.2, 0.25) is 0 Å². The summed E-state index contributed by atoms with van der Waals surface area (Å²) in [7, 11) is 1.62. The summed E-state index contributed by atoms with van der Waals surface area (Å²) in [5, 5.41) is 4.17. The Labute approximate surface area is 165 Å². The maximum Gasteiger partial charge on any atom is 0.169 e. The molecule has 0 aliphatic carbocycles. The van der Waals surface area contributed by atoms with E-state index in [0.717, 1.165) is 55.6 Å². The van der Waals surface area contributed by atoms with Crippen LogP contribution >= 0.6 is 12.2 Å². The van der Waals surface area contributed by atoms with Gasteiger partial charge < -0.3 is 15.0 Å². The highest BCUT2D eigenvalue weighted by Crippen LogP contribution is 2.21. The fourth-order valence-corrected chi connectivity index (χ4v) is 3.58. The molecule has 4 nitrogen and oxygen atoms in total. The second kappa shape index (κ2) is 9.67. The molecule has 0 atom stereocenters. The van der Waals surface area contributed by atoms with Gasteiger partial charge in [0, 0.05) is 44.8 Å². The summed E-state index contributed by atoms with van der Waals surface area (Å²) in [4.78, 5) is 4.51. The standard InChI is InChI=1S/C21H26FN3OS/c1-26-20-8-7-19(22)15-18(20)16-24-11-13-25(14-12-24)21(27)23-10-9-17-5-3-2-4-6-17/h2-8,15H,9-14,16H2,1H3,(H,23,27). The van der Waals surface area contributed by atoms with E-state index < -0.39 is 0 Å². The maximum absolute atomic E-state index is 13.5. The van der Waals surface area contributed by atoms with Gasteiger partial charge in [-0.25, -0.2) is 4.39 Å². The molecule has 0 bridgehead atoms. The van der Waals surface area contributed by atoms with Gasteiger partial charge in [0.25, 0.3) is 0 Å². The number of rotatable bonds is 6. The zero-order valence-corrected chi connectivity index (χ0v) is 16.5. The molecule has 2 aromatic rings. The molecular weight excluding hydrogens is 361 g/mol. The average molecular weight is 388 g/mol. The zero-order valence-electron chi connectivity index (χ0n) is 15.7. The van der Waals surface area contributed by atoms with E-state index in [1.165, 1.54) is 11.6 Å². The quantitative estimate of drug-likeness (QED) is 0.769. The van der Waals surface area contributed by atoms with Crippen LogP contribution in [0, 0.1) is 5.82 Å². The molecule has 3 rings (SSSR count). The lowest BCUT2D eigenvalue weighted by molar-refractivity contribution is 0.173. The van der Waals surface area contributed by atoms with Crippen LogP contribution in [0.4, 0.5) is 4.39 Å². The molecule has 6 heteroatoms. The number of nitrogens with zero attached hydrogens (tertiary/aromatic N) is 2. The van der Waals surface area contributed by atoms with E-state index in [-0.39, 0.29) is 5.82 Å². The van der Waals surface area contributed by atoms with Crippen molar-refractivity contribution in [2.24, 2.45) is 0 Å². The molecule has 1 aliphatic rings. The van der Waals surface area contributed by atoms with Crippen molar-refractivity contribution in [3.8, 4) is 5.75 Å². The van der Waals surface area contributed by atoms with Gasteiger partial charge in [-0.2, -0.15) is 0 Å². The van der Waals surface area contributed by atoms with E-state index in [9.17, 15) is 4.39 Å². The van der Waals surface area contributed by atoms with Crippen LogP contribution in [0.15, 0.2) is 48.5 Å². The summed E-state index contributed by atoms with van der Waals surface area (Å²) in [5.41, 5.74) is 2.19. The van der Waals surface area contributed by atoms with E-state index in [0.29, 0.717) is 6.54 Å². The molecule has 1 saturated heterocycles. The average Bonchev–Trinajstić information content (AvgIpc) is 2.69. The predicted octanol–water partition coefficient (Wildman–Crippen LogP) is 3.07. The van der Waals surface area contributed by atoms with Crippen LogP contribution in [0.2, 0.25) is 0 Å². The van der Waals surface area contributed by atoms with E-state index in [4.69, 9.17) is 17.0 Å². The van der Waals surface area contributed by atoms with E-state index in [2.05, 4.69) is 39.4 Å². The predicted molar refractivity (Wildman–Crippen MR) is 111 cm³/mol. The normalized spacial score (nSPS) is 14.8. The van der Waals surface area contributed by atoms with Crippen LogP contribution in [0.3, 0.4) is 0 Å². The highest BCUT2D eigenvalue weighted by atomic mass is 32.1. The van der Waals surface area contributed by atoms with Crippen LogP contribution in [-0.4, -0.2) is 54.7 Å². The van der Waals surface area contributed by atoms with Gasteiger partial charge in [-0.1, -0.05) is 30.3 Å². The summed E-state index contributed by atoms with van der Waals surface area (Å²) < 4.78 is 18.9. The van der Waals surface area contributed by atoms with Crippen molar-refractivity contribution in [1.29, 1.82) is 0 Å².